The average Bonchev–Trinajstić information content (AvgIpc) is 2.58. The van der Waals surface area contributed by atoms with E-state index in [1.165, 1.54) is 12.1 Å². The predicted molar refractivity (Wildman–Crippen MR) is 102 cm³/mol. The van der Waals surface area contributed by atoms with Gasteiger partial charge >= 0.3 is 0 Å². The molecule has 148 valence electrons. The van der Waals surface area contributed by atoms with Gasteiger partial charge in [0, 0.05) is 5.02 Å². The second-order valence-corrected chi connectivity index (χ2v) is 10.9. The Balaban J connectivity index is 1.65. The van der Waals surface area contributed by atoms with Gasteiger partial charge in [0.15, 0.2) is 9.84 Å². The molecule has 1 saturated carbocycles. The molecule has 1 N–H and O–H groups in total. The molecular weight excluding hydrogens is 398 g/mol. The maximum Gasteiger partial charge on any atom is 0.264 e. The molecule has 0 aliphatic heterocycles. The topological polar surface area (TPSA) is 89.5 Å². The van der Waals surface area contributed by atoms with Gasteiger partial charge in [-0.3, -0.25) is 4.18 Å². The van der Waals surface area contributed by atoms with Crippen molar-refractivity contribution in [3.63, 3.8) is 0 Å². The van der Waals surface area contributed by atoms with E-state index in [2.05, 4.69) is 5.32 Å². The van der Waals surface area contributed by atoms with Crippen molar-refractivity contribution in [3.8, 4) is 0 Å². The molecule has 0 saturated heterocycles. The highest BCUT2D eigenvalue weighted by Crippen LogP contribution is 2.31. The fourth-order valence-corrected chi connectivity index (χ4v) is 4.84. The van der Waals surface area contributed by atoms with Crippen molar-refractivity contribution in [2.75, 3.05) is 25.3 Å². The molecule has 26 heavy (non-hydrogen) atoms. The van der Waals surface area contributed by atoms with E-state index >= 15 is 0 Å². The first kappa shape index (κ1) is 21.6. The number of sulfone groups is 1. The standard InChI is InChI=1S/C17H26ClNO5S2/c1-25(20,21)24-12-15-4-2-14(3-5-15)10-11-19-13-26(22,23)17-8-6-16(18)7-9-17/h6-9,14-15,19H,2-5,10-13H2,1H3. The van der Waals surface area contributed by atoms with E-state index in [1.807, 2.05) is 0 Å². The quantitative estimate of drug-likeness (QED) is 0.485. The number of hydrogen-bond donors (Lipinski definition) is 1. The van der Waals surface area contributed by atoms with Gasteiger partial charge in [0.2, 0.25) is 0 Å². The molecule has 0 amide bonds. The second-order valence-electron chi connectivity index (χ2n) is 6.88. The van der Waals surface area contributed by atoms with Crippen molar-refractivity contribution in [1.82, 2.24) is 5.32 Å². The highest BCUT2D eigenvalue weighted by atomic mass is 35.5. The van der Waals surface area contributed by atoms with Gasteiger partial charge in [-0.15, -0.1) is 0 Å². The molecule has 9 heteroatoms. The second kappa shape index (κ2) is 9.50. The van der Waals surface area contributed by atoms with Gasteiger partial charge in [-0.1, -0.05) is 24.4 Å². The van der Waals surface area contributed by atoms with Crippen LogP contribution in [0.25, 0.3) is 0 Å². The summed E-state index contributed by atoms with van der Waals surface area (Å²) in [5, 5.41) is 3.53. The zero-order valence-electron chi connectivity index (χ0n) is 14.9. The Morgan fingerprint density at radius 3 is 2.19 bits per heavy atom. The molecule has 1 aromatic carbocycles. The molecule has 0 atom stereocenters. The van der Waals surface area contributed by atoms with E-state index in [4.69, 9.17) is 15.8 Å². The summed E-state index contributed by atoms with van der Waals surface area (Å²) in [5.41, 5.74) is 0. The first-order valence-corrected chi connectivity index (χ1v) is 12.5. The predicted octanol–water partition coefficient (Wildman–Crippen LogP) is 2.83. The molecule has 0 aromatic heterocycles. The van der Waals surface area contributed by atoms with Gasteiger partial charge in [0.05, 0.1) is 17.8 Å². The van der Waals surface area contributed by atoms with Crippen LogP contribution >= 0.6 is 11.6 Å². The lowest BCUT2D eigenvalue weighted by Gasteiger charge is -2.28. The van der Waals surface area contributed by atoms with Crippen molar-refractivity contribution in [2.45, 2.75) is 37.0 Å². The molecule has 1 aliphatic rings. The Bertz CT molecular complexity index is 770. The lowest BCUT2D eigenvalue weighted by atomic mass is 9.81. The Morgan fingerprint density at radius 1 is 1.04 bits per heavy atom. The van der Waals surface area contributed by atoms with E-state index in [0.717, 1.165) is 38.4 Å². The maximum atomic E-state index is 12.2. The smallest absolute Gasteiger partial charge is 0.264 e. The molecule has 6 nitrogen and oxygen atoms in total. The third-order valence-electron chi connectivity index (χ3n) is 4.68. The number of rotatable bonds is 9. The fraction of sp³-hybridized carbons (Fsp3) is 0.647. The molecule has 1 aliphatic carbocycles. The van der Waals surface area contributed by atoms with Crippen molar-refractivity contribution in [3.05, 3.63) is 29.3 Å². The summed E-state index contributed by atoms with van der Waals surface area (Å²) in [5.74, 6) is 0.737. The molecule has 0 bridgehead atoms. The van der Waals surface area contributed by atoms with Crippen LogP contribution < -0.4 is 5.32 Å². The summed E-state index contributed by atoms with van der Waals surface area (Å²) in [7, 11) is -6.72. The molecule has 0 spiro atoms. The zero-order valence-corrected chi connectivity index (χ0v) is 17.2. The minimum absolute atomic E-state index is 0.0911. The van der Waals surface area contributed by atoms with Crippen LogP contribution in [0.4, 0.5) is 0 Å². The normalized spacial score (nSPS) is 21.6. The van der Waals surface area contributed by atoms with Crippen LogP contribution in [0, 0.1) is 11.8 Å². The highest BCUT2D eigenvalue weighted by molar-refractivity contribution is 7.91. The summed E-state index contributed by atoms with van der Waals surface area (Å²) in [4.78, 5) is 0.265. The van der Waals surface area contributed by atoms with Crippen molar-refractivity contribution < 1.29 is 21.0 Å². The molecule has 2 rings (SSSR count). The van der Waals surface area contributed by atoms with Gasteiger partial charge in [0.25, 0.3) is 10.1 Å². The Morgan fingerprint density at radius 2 is 1.62 bits per heavy atom. The van der Waals surface area contributed by atoms with E-state index in [0.29, 0.717) is 23.4 Å². The van der Waals surface area contributed by atoms with Gasteiger partial charge < -0.3 is 5.32 Å². The number of halogens is 1. The van der Waals surface area contributed by atoms with Crippen LogP contribution in [0.15, 0.2) is 29.2 Å². The Hall–Kier alpha value is -0.670. The zero-order chi connectivity index (χ0) is 19.2. The monoisotopic (exact) mass is 423 g/mol. The minimum Gasteiger partial charge on any atom is -0.303 e. The highest BCUT2D eigenvalue weighted by Gasteiger charge is 2.22. The Labute approximate surface area is 161 Å². The number of benzene rings is 1. The van der Waals surface area contributed by atoms with Gasteiger partial charge in [-0.05, 0) is 61.9 Å². The van der Waals surface area contributed by atoms with E-state index in [-0.39, 0.29) is 17.4 Å². The van der Waals surface area contributed by atoms with Crippen LogP contribution in [0.2, 0.25) is 5.02 Å². The van der Waals surface area contributed by atoms with Crippen LogP contribution in [0.3, 0.4) is 0 Å². The minimum atomic E-state index is -3.37. The van der Waals surface area contributed by atoms with Crippen LogP contribution in [0.5, 0.6) is 0 Å². The van der Waals surface area contributed by atoms with E-state index < -0.39 is 20.0 Å². The van der Waals surface area contributed by atoms with E-state index in [9.17, 15) is 16.8 Å². The lowest BCUT2D eigenvalue weighted by molar-refractivity contribution is 0.184. The average molecular weight is 424 g/mol. The first-order valence-electron chi connectivity index (χ1n) is 8.69. The van der Waals surface area contributed by atoms with Crippen molar-refractivity contribution in [1.29, 1.82) is 0 Å². The SMILES string of the molecule is CS(=O)(=O)OCC1CCC(CCNCS(=O)(=O)c2ccc(Cl)cc2)CC1. The van der Waals surface area contributed by atoms with E-state index in [1.54, 1.807) is 12.1 Å². The number of nitrogens with one attached hydrogen (secondary N) is 1. The lowest BCUT2D eigenvalue weighted by Crippen LogP contribution is -2.27. The third kappa shape index (κ3) is 7.52. The first-order chi connectivity index (χ1) is 12.2. The number of hydrogen-bond acceptors (Lipinski definition) is 6. The largest absolute Gasteiger partial charge is 0.303 e. The summed E-state index contributed by atoms with van der Waals surface area (Å²) in [6.45, 7) is 0.908. The summed E-state index contributed by atoms with van der Waals surface area (Å²) >= 11 is 5.78. The Kier molecular flexibility index (Phi) is 7.90. The van der Waals surface area contributed by atoms with Crippen LogP contribution in [-0.4, -0.2) is 42.1 Å². The summed E-state index contributed by atoms with van der Waals surface area (Å²) < 4.78 is 51.4. The van der Waals surface area contributed by atoms with Crippen molar-refractivity contribution in [2.24, 2.45) is 11.8 Å². The van der Waals surface area contributed by atoms with Crippen LogP contribution in [-0.2, 0) is 24.1 Å². The molecule has 1 fully saturated rings. The molecular formula is C17H26ClNO5S2. The van der Waals surface area contributed by atoms with Gasteiger partial charge in [0.1, 0.15) is 5.88 Å². The van der Waals surface area contributed by atoms with Gasteiger partial charge in [-0.25, -0.2) is 8.42 Å². The molecule has 0 radical (unpaired) electrons. The summed E-state index contributed by atoms with van der Waals surface area (Å²) in [6, 6.07) is 6.17. The molecule has 0 unspecified atom stereocenters. The van der Waals surface area contributed by atoms with Crippen LogP contribution in [0.1, 0.15) is 32.1 Å². The molecule has 1 aromatic rings. The van der Waals surface area contributed by atoms with Gasteiger partial charge in [-0.2, -0.15) is 8.42 Å². The maximum absolute atomic E-state index is 12.2. The summed E-state index contributed by atoms with van der Waals surface area (Å²) in [6.07, 6.45) is 5.91. The molecule has 0 heterocycles. The third-order valence-corrected chi connectivity index (χ3v) is 7.07. The fourth-order valence-electron chi connectivity index (χ4n) is 3.14. The van der Waals surface area contributed by atoms with Crippen molar-refractivity contribution >= 4 is 31.6 Å².